The Bertz CT molecular complexity index is 889. The number of unbranched alkanes of at least 4 members (excludes halogenated alkanes) is 16. The maximum atomic E-state index is 13.1. The molecule has 0 aliphatic heterocycles. The molecule has 0 amide bonds. The predicted octanol–water partition coefficient (Wildman–Crippen LogP) is 8.24. The second-order valence-corrected chi connectivity index (χ2v) is 13.1. The largest absolute Gasteiger partial charge is 0.478 e. The summed E-state index contributed by atoms with van der Waals surface area (Å²) in [5.41, 5.74) is 0. The molecule has 0 rings (SSSR count). The van der Waals surface area contributed by atoms with Crippen molar-refractivity contribution in [2.75, 3.05) is 0 Å². The van der Waals surface area contributed by atoms with Crippen molar-refractivity contribution in [3.8, 4) is 0 Å². The number of hydrogen-bond donors (Lipinski definition) is 2. The van der Waals surface area contributed by atoms with Crippen LogP contribution >= 0.6 is 0 Å². The molecule has 0 heterocycles. The van der Waals surface area contributed by atoms with Crippen molar-refractivity contribution in [2.45, 2.75) is 206 Å². The Balaban J connectivity index is 6.47. The molecule has 0 aromatic heterocycles. The van der Waals surface area contributed by atoms with Crippen molar-refractivity contribution in [1.29, 1.82) is 0 Å². The van der Waals surface area contributed by atoms with Gasteiger partial charge in [-0.2, -0.15) is 0 Å². The van der Waals surface area contributed by atoms with E-state index in [1.807, 2.05) is 27.7 Å². The van der Waals surface area contributed by atoms with E-state index in [9.17, 15) is 39.0 Å². The van der Waals surface area contributed by atoms with Gasteiger partial charge in [0, 0.05) is 25.7 Å². The first-order valence-electron chi connectivity index (χ1n) is 19.3. The minimum absolute atomic E-state index is 0.122. The third kappa shape index (κ3) is 23.3. The van der Waals surface area contributed by atoms with Gasteiger partial charge >= 0.3 is 35.8 Å². The number of rotatable bonds is 33. The number of aliphatic carboxylic acids is 2. The van der Waals surface area contributed by atoms with Crippen LogP contribution in [0.4, 0.5) is 0 Å². The van der Waals surface area contributed by atoms with E-state index in [0.29, 0.717) is 51.4 Å². The van der Waals surface area contributed by atoms with Crippen LogP contribution in [0.2, 0.25) is 0 Å². The smallest absolute Gasteiger partial charge is 0.349 e. The molecule has 0 radical (unpaired) electrons. The summed E-state index contributed by atoms with van der Waals surface area (Å²) in [4.78, 5) is 77.3. The van der Waals surface area contributed by atoms with Crippen molar-refractivity contribution in [2.24, 2.45) is 0 Å². The van der Waals surface area contributed by atoms with E-state index >= 15 is 0 Å². The number of esters is 4. The summed E-state index contributed by atoms with van der Waals surface area (Å²) < 4.78 is 21.8. The van der Waals surface area contributed by atoms with Gasteiger partial charge in [0.25, 0.3) is 0 Å². The maximum absolute atomic E-state index is 13.1. The van der Waals surface area contributed by atoms with Crippen LogP contribution in [0.25, 0.3) is 0 Å². The number of carbonyl (C=O) groups is 6. The molecule has 12 heteroatoms. The topological polar surface area (TPSA) is 180 Å². The van der Waals surface area contributed by atoms with E-state index in [1.54, 1.807) is 0 Å². The highest BCUT2D eigenvalue weighted by atomic mass is 16.6. The molecule has 0 saturated carbocycles. The molecule has 0 fully saturated rings. The van der Waals surface area contributed by atoms with Gasteiger partial charge in [-0.1, -0.05) is 130 Å². The third-order valence-corrected chi connectivity index (χ3v) is 8.40. The molecule has 0 aromatic rings. The molecule has 0 unspecified atom stereocenters. The first-order chi connectivity index (χ1) is 24.0. The highest BCUT2D eigenvalue weighted by molar-refractivity contribution is 5.82. The van der Waals surface area contributed by atoms with Crippen LogP contribution in [-0.4, -0.2) is 70.4 Å². The lowest BCUT2D eigenvalue weighted by molar-refractivity contribution is -0.209. The predicted molar refractivity (Wildman–Crippen MR) is 188 cm³/mol. The minimum atomic E-state index is -2.24. The van der Waals surface area contributed by atoms with Crippen LogP contribution in [0.3, 0.4) is 0 Å². The Morgan fingerprint density at radius 2 is 0.580 bits per heavy atom. The van der Waals surface area contributed by atoms with Crippen LogP contribution in [0.15, 0.2) is 0 Å². The van der Waals surface area contributed by atoms with Gasteiger partial charge < -0.3 is 29.2 Å². The second-order valence-electron chi connectivity index (χ2n) is 13.1. The average molecular weight is 715 g/mol. The van der Waals surface area contributed by atoms with E-state index in [-0.39, 0.29) is 25.7 Å². The van der Waals surface area contributed by atoms with E-state index in [2.05, 4.69) is 0 Å². The van der Waals surface area contributed by atoms with Gasteiger partial charge in [-0.3, -0.25) is 19.2 Å². The molecule has 12 nitrogen and oxygen atoms in total. The summed E-state index contributed by atoms with van der Waals surface area (Å²) in [5, 5.41) is 20.5. The molecule has 0 spiro atoms. The average Bonchev–Trinajstić information content (AvgIpc) is 3.07. The molecular formula is C38H66O12. The Hall–Kier alpha value is -3.18. The summed E-state index contributed by atoms with van der Waals surface area (Å²) in [6, 6.07) is 0. The number of carboxylic acid groups (broad SMARTS) is 2. The van der Waals surface area contributed by atoms with E-state index in [4.69, 9.17) is 18.9 Å². The van der Waals surface area contributed by atoms with Crippen LogP contribution in [-0.2, 0) is 47.7 Å². The lowest BCUT2D eigenvalue weighted by atomic mass is 10.0. The molecule has 0 bridgehead atoms. The van der Waals surface area contributed by atoms with E-state index in [0.717, 1.165) is 77.0 Å². The van der Waals surface area contributed by atoms with Gasteiger partial charge in [-0.05, 0) is 25.7 Å². The molecule has 0 aromatic carbocycles. The van der Waals surface area contributed by atoms with Gasteiger partial charge in [0.2, 0.25) is 12.2 Å². The highest BCUT2D eigenvalue weighted by Gasteiger charge is 2.50. The lowest BCUT2D eigenvalue weighted by Crippen LogP contribution is -2.56. The quantitative estimate of drug-likeness (QED) is 0.0378. The summed E-state index contributed by atoms with van der Waals surface area (Å²) >= 11 is 0. The van der Waals surface area contributed by atoms with Gasteiger partial charge in [0.1, 0.15) is 0 Å². The molecule has 290 valence electrons. The molecular weight excluding hydrogens is 648 g/mol. The van der Waals surface area contributed by atoms with Crippen molar-refractivity contribution < 1.29 is 57.9 Å². The molecule has 50 heavy (non-hydrogen) atoms. The first-order valence-corrected chi connectivity index (χ1v) is 19.3. The zero-order valence-electron chi connectivity index (χ0n) is 31.3. The van der Waals surface area contributed by atoms with Gasteiger partial charge in [-0.25, -0.2) is 9.59 Å². The summed E-state index contributed by atoms with van der Waals surface area (Å²) in [5.74, 6) is -7.05. The third-order valence-electron chi connectivity index (χ3n) is 8.40. The summed E-state index contributed by atoms with van der Waals surface area (Å²) in [7, 11) is 0. The van der Waals surface area contributed by atoms with Gasteiger partial charge in [-0.15, -0.1) is 0 Å². The van der Waals surface area contributed by atoms with Crippen LogP contribution in [0.5, 0.6) is 0 Å². The number of hydrogen-bond acceptors (Lipinski definition) is 10. The fourth-order valence-corrected chi connectivity index (χ4v) is 5.43. The molecule has 0 aliphatic rings. The van der Waals surface area contributed by atoms with Crippen LogP contribution in [0, 0.1) is 0 Å². The zero-order chi connectivity index (χ0) is 37.6. The van der Waals surface area contributed by atoms with Gasteiger partial charge in [0.15, 0.2) is 12.2 Å². The number of carbonyl (C=O) groups excluding carboxylic acids is 4. The van der Waals surface area contributed by atoms with Crippen molar-refractivity contribution in [1.82, 2.24) is 0 Å². The number of ether oxygens (including phenoxy) is 4. The number of carboxylic acids is 2. The summed E-state index contributed by atoms with van der Waals surface area (Å²) in [6.07, 6.45) is 6.64. The SMILES string of the molecule is CCCCCCCC(=O)O[C@H]([C@H](OC(=O)CCCCCCC)[C@@H](OC(=O)CCCCCCC)C(=O)O)[C@H](OC(=O)CCCCCCC)C(=O)O. The zero-order valence-corrected chi connectivity index (χ0v) is 31.3. The van der Waals surface area contributed by atoms with Crippen molar-refractivity contribution in [3.05, 3.63) is 0 Å². The lowest BCUT2D eigenvalue weighted by Gasteiger charge is -2.33. The fraction of sp³-hybridized carbons (Fsp3) is 0.842. The summed E-state index contributed by atoms with van der Waals surface area (Å²) in [6.45, 7) is 8.18. The van der Waals surface area contributed by atoms with E-state index in [1.165, 1.54) is 0 Å². The normalized spacial score (nSPS) is 13.4. The Morgan fingerprint density at radius 1 is 0.360 bits per heavy atom. The monoisotopic (exact) mass is 714 g/mol. The fourth-order valence-electron chi connectivity index (χ4n) is 5.43. The van der Waals surface area contributed by atoms with E-state index < -0.39 is 60.2 Å². The standard InChI is InChI=1S/C38H66O12/c1-5-9-13-17-21-25-29(39)47-33(35(37(43)44)49-31(41)27-23-19-15-11-7-3)34(48-30(40)26-22-18-14-10-6-2)36(38(45)46)50-32(42)28-24-20-16-12-8-4/h33-36H,5-28H2,1-4H3,(H,43,44)(H,45,46)/t33-,34+,35+,36-. The first kappa shape index (κ1) is 46.8. The minimum Gasteiger partial charge on any atom is -0.478 e. The molecule has 0 saturated heterocycles. The Labute approximate surface area is 299 Å². The van der Waals surface area contributed by atoms with Crippen LogP contribution < -0.4 is 0 Å². The van der Waals surface area contributed by atoms with Crippen molar-refractivity contribution in [3.63, 3.8) is 0 Å². The van der Waals surface area contributed by atoms with Gasteiger partial charge in [0.05, 0.1) is 0 Å². The van der Waals surface area contributed by atoms with Crippen molar-refractivity contribution >= 4 is 35.8 Å². The van der Waals surface area contributed by atoms with Crippen LogP contribution in [0.1, 0.15) is 182 Å². The second kappa shape index (κ2) is 30.6. The Kier molecular flexibility index (Phi) is 28.7. The Morgan fingerprint density at radius 3 is 0.800 bits per heavy atom. The molecule has 4 atom stereocenters. The molecule has 0 aliphatic carbocycles. The maximum Gasteiger partial charge on any atom is 0.349 e. The highest BCUT2D eigenvalue weighted by Crippen LogP contribution is 2.23. The molecule has 2 N–H and O–H groups in total.